The molecule has 29 heavy (non-hydrogen) atoms. The minimum atomic E-state index is -0.800. The average Bonchev–Trinajstić information content (AvgIpc) is 2.73. The van der Waals surface area contributed by atoms with Crippen molar-refractivity contribution in [1.82, 2.24) is 4.90 Å². The minimum Gasteiger partial charge on any atom is -0.497 e. The van der Waals surface area contributed by atoms with Crippen molar-refractivity contribution < 1.29 is 19.4 Å². The number of nitrogens with zero attached hydrogens (tertiary/aromatic N) is 1. The lowest BCUT2D eigenvalue weighted by molar-refractivity contribution is -0.137. The van der Waals surface area contributed by atoms with Crippen LogP contribution in [0.2, 0.25) is 0 Å². The lowest BCUT2D eigenvalue weighted by Crippen LogP contribution is -2.25. The molecule has 150 valence electrons. The number of ether oxygens (including phenoxy) is 2. The largest absolute Gasteiger partial charge is 0.497 e. The van der Waals surface area contributed by atoms with Gasteiger partial charge in [0.05, 0.1) is 13.5 Å². The first-order valence-corrected chi connectivity index (χ1v) is 9.51. The van der Waals surface area contributed by atoms with E-state index in [0.717, 1.165) is 28.4 Å². The molecule has 0 radical (unpaired) electrons. The lowest BCUT2D eigenvalue weighted by atomic mass is 10.1. The Morgan fingerprint density at radius 2 is 1.52 bits per heavy atom. The van der Waals surface area contributed by atoms with Gasteiger partial charge in [-0.25, -0.2) is 0 Å². The topological polar surface area (TPSA) is 59.0 Å². The maximum atomic E-state index is 11.1. The third-order valence-corrected chi connectivity index (χ3v) is 4.49. The summed E-state index contributed by atoms with van der Waals surface area (Å²) in [5.41, 5.74) is 2.17. The summed E-state index contributed by atoms with van der Waals surface area (Å²) in [6, 6.07) is 25.4. The molecular weight excluding hydrogens is 366 g/mol. The van der Waals surface area contributed by atoms with Gasteiger partial charge in [0.2, 0.25) is 0 Å². The SMILES string of the molecule is COc1ccc(CN(CCC(=O)O)Cc2cccc(Oc3ccccc3)c2)cc1. The van der Waals surface area contributed by atoms with Crippen LogP contribution in [0.1, 0.15) is 17.5 Å². The van der Waals surface area contributed by atoms with E-state index < -0.39 is 5.97 Å². The molecule has 1 N–H and O–H groups in total. The molecule has 3 aromatic rings. The second-order valence-corrected chi connectivity index (χ2v) is 6.76. The molecule has 0 heterocycles. The van der Waals surface area contributed by atoms with Crippen molar-refractivity contribution in [2.75, 3.05) is 13.7 Å². The smallest absolute Gasteiger partial charge is 0.304 e. The molecule has 0 bridgehead atoms. The Kier molecular flexibility index (Phi) is 7.25. The third-order valence-electron chi connectivity index (χ3n) is 4.49. The first kappa shape index (κ1) is 20.4. The van der Waals surface area contributed by atoms with Crippen LogP contribution in [0.15, 0.2) is 78.9 Å². The fourth-order valence-electron chi connectivity index (χ4n) is 3.05. The zero-order chi connectivity index (χ0) is 20.5. The number of rotatable bonds is 10. The van der Waals surface area contributed by atoms with Gasteiger partial charge in [0.1, 0.15) is 17.2 Å². The van der Waals surface area contributed by atoms with Crippen LogP contribution < -0.4 is 9.47 Å². The third kappa shape index (κ3) is 6.66. The zero-order valence-corrected chi connectivity index (χ0v) is 16.5. The van der Waals surface area contributed by atoms with Crippen LogP contribution in [0.3, 0.4) is 0 Å². The fraction of sp³-hybridized carbons (Fsp3) is 0.208. The summed E-state index contributed by atoms with van der Waals surface area (Å²) in [6.07, 6.45) is 0.0936. The number of para-hydroxylation sites is 1. The summed E-state index contributed by atoms with van der Waals surface area (Å²) in [6.45, 7) is 1.75. The Morgan fingerprint density at radius 1 is 0.828 bits per heavy atom. The maximum absolute atomic E-state index is 11.1. The summed E-state index contributed by atoms with van der Waals surface area (Å²) in [5.74, 6) is 1.55. The highest BCUT2D eigenvalue weighted by molar-refractivity contribution is 5.66. The maximum Gasteiger partial charge on any atom is 0.304 e. The van der Waals surface area contributed by atoms with Crippen LogP contribution in [-0.2, 0) is 17.9 Å². The van der Waals surface area contributed by atoms with E-state index in [0.29, 0.717) is 19.6 Å². The molecule has 0 aliphatic heterocycles. The standard InChI is InChI=1S/C24H25NO4/c1-28-21-12-10-19(11-13-21)17-25(15-14-24(26)27)18-20-6-5-9-23(16-20)29-22-7-3-2-4-8-22/h2-13,16H,14-15,17-18H2,1H3,(H,26,27). The average molecular weight is 391 g/mol. The molecule has 3 rings (SSSR count). The molecule has 0 spiro atoms. The molecule has 3 aromatic carbocycles. The van der Waals surface area contributed by atoms with Gasteiger partial charge in [-0.1, -0.05) is 42.5 Å². The van der Waals surface area contributed by atoms with E-state index in [-0.39, 0.29) is 6.42 Å². The highest BCUT2D eigenvalue weighted by Crippen LogP contribution is 2.23. The Labute approximate surface area is 171 Å². The van der Waals surface area contributed by atoms with Gasteiger partial charge in [-0.15, -0.1) is 0 Å². The van der Waals surface area contributed by atoms with Crippen molar-refractivity contribution in [2.45, 2.75) is 19.5 Å². The first-order chi connectivity index (χ1) is 14.1. The van der Waals surface area contributed by atoms with Crippen LogP contribution in [0.4, 0.5) is 0 Å². The van der Waals surface area contributed by atoms with Gasteiger partial charge in [0.25, 0.3) is 0 Å². The summed E-state index contributed by atoms with van der Waals surface area (Å²) in [7, 11) is 1.64. The highest BCUT2D eigenvalue weighted by atomic mass is 16.5. The van der Waals surface area contributed by atoms with Gasteiger partial charge in [-0.3, -0.25) is 9.69 Å². The Bertz CT molecular complexity index is 910. The van der Waals surface area contributed by atoms with E-state index in [1.807, 2.05) is 78.9 Å². The van der Waals surface area contributed by atoms with Crippen molar-refractivity contribution in [3.05, 3.63) is 90.0 Å². The molecule has 0 aliphatic carbocycles. The molecule has 0 saturated carbocycles. The van der Waals surface area contributed by atoms with E-state index in [1.165, 1.54) is 0 Å². The van der Waals surface area contributed by atoms with E-state index >= 15 is 0 Å². The normalized spacial score (nSPS) is 10.7. The van der Waals surface area contributed by atoms with E-state index in [2.05, 4.69) is 4.90 Å². The van der Waals surface area contributed by atoms with Crippen LogP contribution in [0.5, 0.6) is 17.2 Å². The van der Waals surface area contributed by atoms with Gasteiger partial charge in [-0.05, 0) is 47.5 Å². The summed E-state index contributed by atoms with van der Waals surface area (Å²) in [4.78, 5) is 13.2. The zero-order valence-electron chi connectivity index (χ0n) is 16.5. The number of carboxylic acid groups (broad SMARTS) is 1. The number of aliphatic carboxylic acids is 1. The molecule has 0 atom stereocenters. The van der Waals surface area contributed by atoms with Crippen LogP contribution >= 0.6 is 0 Å². The van der Waals surface area contributed by atoms with Crippen LogP contribution in [0, 0.1) is 0 Å². The van der Waals surface area contributed by atoms with Crippen LogP contribution in [0.25, 0.3) is 0 Å². The van der Waals surface area contributed by atoms with Crippen molar-refractivity contribution in [1.29, 1.82) is 0 Å². The van der Waals surface area contributed by atoms with Gasteiger partial charge in [0.15, 0.2) is 0 Å². The molecule has 5 heteroatoms. The predicted molar refractivity (Wildman–Crippen MR) is 112 cm³/mol. The fourth-order valence-corrected chi connectivity index (χ4v) is 3.05. The molecule has 5 nitrogen and oxygen atoms in total. The van der Waals surface area contributed by atoms with E-state index in [9.17, 15) is 4.79 Å². The van der Waals surface area contributed by atoms with Crippen LogP contribution in [-0.4, -0.2) is 29.6 Å². The van der Waals surface area contributed by atoms with E-state index in [1.54, 1.807) is 7.11 Å². The Balaban J connectivity index is 1.70. The Morgan fingerprint density at radius 3 is 2.21 bits per heavy atom. The quantitative estimate of drug-likeness (QED) is 0.529. The minimum absolute atomic E-state index is 0.0936. The predicted octanol–water partition coefficient (Wildman–Crippen LogP) is 4.96. The highest BCUT2D eigenvalue weighted by Gasteiger charge is 2.11. The van der Waals surface area contributed by atoms with Crippen molar-refractivity contribution in [2.24, 2.45) is 0 Å². The molecule has 0 unspecified atom stereocenters. The monoisotopic (exact) mass is 391 g/mol. The van der Waals surface area contributed by atoms with Gasteiger partial charge >= 0.3 is 5.97 Å². The van der Waals surface area contributed by atoms with Crippen molar-refractivity contribution in [3.63, 3.8) is 0 Å². The number of methoxy groups -OCH3 is 1. The van der Waals surface area contributed by atoms with Crippen molar-refractivity contribution >= 4 is 5.97 Å². The Hall–Kier alpha value is -3.31. The van der Waals surface area contributed by atoms with E-state index in [4.69, 9.17) is 14.6 Å². The first-order valence-electron chi connectivity index (χ1n) is 9.51. The number of hydrogen-bond acceptors (Lipinski definition) is 4. The number of carboxylic acids is 1. The number of hydrogen-bond donors (Lipinski definition) is 1. The second kappa shape index (κ2) is 10.3. The van der Waals surface area contributed by atoms with Gasteiger partial charge in [0, 0.05) is 19.6 Å². The summed E-state index contributed by atoms with van der Waals surface area (Å²) >= 11 is 0. The van der Waals surface area contributed by atoms with Gasteiger partial charge < -0.3 is 14.6 Å². The molecular formula is C24H25NO4. The van der Waals surface area contributed by atoms with Gasteiger partial charge in [-0.2, -0.15) is 0 Å². The lowest BCUT2D eigenvalue weighted by Gasteiger charge is -2.22. The molecule has 0 aromatic heterocycles. The molecule has 0 aliphatic rings. The number of carbonyl (C=O) groups is 1. The summed E-state index contributed by atoms with van der Waals surface area (Å²) < 4.78 is 11.1. The molecule has 0 amide bonds. The second-order valence-electron chi connectivity index (χ2n) is 6.76. The summed E-state index contributed by atoms with van der Waals surface area (Å²) in [5, 5.41) is 9.11. The number of benzene rings is 3. The van der Waals surface area contributed by atoms with Crippen molar-refractivity contribution in [3.8, 4) is 17.2 Å². The molecule has 0 fully saturated rings. The molecule has 0 saturated heterocycles.